The van der Waals surface area contributed by atoms with Gasteiger partial charge in [0.2, 0.25) is 0 Å². The highest BCUT2D eigenvalue weighted by molar-refractivity contribution is 6.24. The summed E-state index contributed by atoms with van der Waals surface area (Å²) in [6.45, 7) is 3.42. The number of amides is 3. The molecule has 1 aromatic heterocycles. The number of carbonyl (C=O) groups excluding carboxylic acids is 2. The summed E-state index contributed by atoms with van der Waals surface area (Å²) >= 11 is 0. The van der Waals surface area contributed by atoms with E-state index in [2.05, 4.69) is 10.5 Å². The topological polar surface area (TPSA) is 75.4 Å². The number of urea groups is 1. The average Bonchev–Trinajstić information content (AvgIpc) is 2.67. The van der Waals surface area contributed by atoms with Crippen molar-refractivity contribution in [2.24, 2.45) is 0 Å². The molecule has 1 aliphatic heterocycles. The van der Waals surface area contributed by atoms with Crippen LogP contribution in [-0.4, -0.2) is 22.6 Å². The lowest BCUT2D eigenvalue weighted by atomic mass is 9.77. The molecule has 3 amide bonds. The van der Waals surface area contributed by atoms with E-state index in [1.54, 1.807) is 13.8 Å². The lowest BCUT2D eigenvalue weighted by molar-refractivity contribution is -0.124. The molecule has 2 aliphatic rings. The zero-order valence-corrected chi connectivity index (χ0v) is 9.74. The molecule has 0 bridgehead atoms. The number of aromatic nitrogens is 1. The minimum absolute atomic E-state index is 0.178. The number of anilines is 1. The van der Waals surface area contributed by atoms with Crippen molar-refractivity contribution in [1.29, 1.82) is 0 Å². The lowest BCUT2D eigenvalue weighted by Gasteiger charge is -2.34. The second-order valence-corrected chi connectivity index (χ2v) is 4.68. The van der Waals surface area contributed by atoms with Gasteiger partial charge in [-0.2, -0.15) is 0 Å². The van der Waals surface area contributed by atoms with Crippen molar-refractivity contribution in [3.05, 3.63) is 11.5 Å². The third kappa shape index (κ3) is 1.18. The molecule has 3 rings (SSSR count). The largest absolute Gasteiger partial charge is 0.359 e. The first kappa shape index (κ1) is 10.3. The molecule has 1 aliphatic carbocycles. The second-order valence-electron chi connectivity index (χ2n) is 4.68. The lowest BCUT2D eigenvalue weighted by Crippen LogP contribution is -2.52. The molecule has 0 unspecified atom stereocenters. The monoisotopic (exact) mass is 235 g/mol. The molecule has 2 heterocycles. The third-order valence-electron chi connectivity index (χ3n) is 3.59. The van der Waals surface area contributed by atoms with E-state index in [0.29, 0.717) is 17.1 Å². The summed E-state index contributed by atoms with van der Waals surface area (Å²) in [4.78, 5) is 25.4. The maximum absolute atomic E-state index is 12.3. The van der Waals surface area contributed by atoms with Gasteiger partial charge >= 0.3 is 6.03 Å². The summed E-state index contributed by atoms with van der Waals surface area (Å²) < 4.78 is 5.00. The summed E-state index contributed by atoms with van der Waals surface area (Å²) in [6, 6.07) is -0.371. The minimum Gasteiger partial charge on any atom is -0.359 e. The number of aryl methyl sites for hydroxylation is 2. The predicted molar refractivity (Wildman–Crippen MR) is 58.6 cm³/mol. The Labute approximate surface area is 97.9 Å². The fourth-order valence-electron chi connectivity index (χ4n) is 2.49. The van der Waals surface area contributed by atoms with Crippen LogP contribution in [0, 0.1) is 13.8 Å². The van der Waals surface area contributed by atoms with Gasteiger partial charge in [-0.25, -0.2) is 9.69 Å². The maximum atomic E-state index is 12.3. The van der Waals surface area contributed by atoms with Crippen molar-refractivity contribution in [2.45, 2.75) is 38.6 Å². The highest BCUT2D eigenvalue weighted by Crippen LogP contribution is 2.40. The van der Waals surface area contributed by atoms with Crippen LogP contribution in [0.15, 0.2) is 4.52 Å². The van der Waals surface area contributed by atoms with E-state index in [-0.39, 0.29) is 11.9 Å². The summed E-state index contributed by atoms with van der Waals surface area (Å²) in [5, 5.41) is 6.55. The van der Waals surface area contributed by atoms with Crippen LogP contribution >= 0.6 is 0 Å². The summed E-state index contributed by atoms with van der Waals surface area (Å²) in [5.41, 5.74) is 0.381. The highest BCUT2D eigenvalue weighted by Gasteiger charge is 2.56. The first-order valence-electron chi connectivity index (χ1n) is 5.65. The summed E-state index contributed by atoms with van der Waals surface area (Å²) in [5.74, 6) is 0.311. The van der Waals surface area contributed by atoms with E-state index in [4.69, 9.17) is 4.52 Å². The Hall–Kier alpha value is -1.85. The standard InChI is InChI=1S/C11H13N3O3/c1-6-8(7(2)17-13-6)14-9(15)11(4-3-5-11)12-10(14)16/h3-5H2,1-2H3,(H,12,16). The molecule has 6 nitrogen and oxygen atoms in total. The first-order chi connectivity index (χ1) is 8.05. The predicted octanol–water partition coefficient (Wildman–Crippen LogP) is 1.27. The van der Waals surface area contributed by atoms with Gasteiger partial charge in [0, 0.05) is 0 Å². The van der Waals surface area contributed by atoms with Crippen molar-refractivity contribution >= 4 is 17.6 Å². The molecule has 0 radical (unpaired) electrons. The molecular weight excluding hydrogens is 222 g/mol. The number of rotatable bonds is 1. The van der Waals surface area contributed by atoms with Gasteiger partial charge in [0.15, 0.2) is 5.76 Å². The minimum atomic E-state index is -0.659. The molecule has 1 saturated heterocycles. The number of imide groups is 1. The van der Waals surface area contributed by atoms with Gasteiger partial charge in [-0.15, -0.1) is 0 Å². The average molecular weight is 235 g/mol. The van der Waals surface area contributed by atoms with Crippen LogP contribution in [0.25, 0.3) is 0 Å². The molecule has 1 N–H and O–H groups in total. The molecule has 90 valence electrons. The molecular formula is C11H13N3O3. The Morgan fingerprint density at radius 3 is 2.47 bits per heavy atom. The number of nitrogens with zero attached hydrogens (tertiary/aromatic N) is 2. The molecule has 2 fully saturated rings. The number of carbonyl (C=O) groups is 2. The molecule has 17 heavy (non-hydrogen) atoms. The van der Waals surface area contributed by atoms with E-state index < -0.39 is 5.54 Å². The molecule has 1 aromatic rings. The van der Waals surface area contributed by atoms with Crippen LogP contribution in [0.4, 0.5) is 10.5 Å². The van der Waals surface area contributed by atoms with Gasteiger partial charge < -0.3 is 9.84 Å². The van der Waals surface area contributed by atoms with Crippen molar-refractivity contribution in [1.82, 2.24) is 10.5 Å². The summed E-state index contributed by atoms with van der Waals surface area (Å²) in [7, 11) is 0. The molecule has 0 aromatic carbocycles. The molecule has 0 atom stereocenters. The normalized spacial score (nSPS) is 21.9. The number of hydrogen-bond donors (Lipinski definition) is 1. The Balaban J connectivity index is 2.04. The quantitative estimate of drug-likeness (QED) is 0.744. The fourth-order valence-corrected chi connectivity index (χ4v) is 2.49. The molecule has 6 heteroatoms. The van der Waals surface area contributed by atoms with E-state index in [1.807, 2.05) is 0 Å². The van der Waals surface area contributed by atoms with Crippen molar-refractivity contribution in [3.63, 3.8) is 0 Å². The Kier molecular flexibility index (Phi) is 1.87. The fraction of sp³-hybridized carbons (Fsp3) is 0.545. The van der Waals surface area contributed by atoms with Crippen molar-refractivity contribution in [3.8, 4) is 0 Å². The number of nitrogens with one attached hydrogen (secondary N) is 1. The van der Waals surface area contributed by atoms with Crippen molar-refractivity contribution < 1.29 is 14.1 Å². The Morgan fingerprint density at radius 2 is 2.06 bits per heavy atom. The van der Waals surface area contributed by atoms with Gasteiger partial charge in [-0.05, 0) is 33.1 Å². The Bertz CT molecular complexity index is 497. The first-order valence-corrected chi connectivity index (χ1v) is 5.65. The van der Waals surface area contributed by atoms with Crippen molar-refractivity contribution in [2.75, 3.05) is 4.90 Å². The van der Waals surface area contributed by atoms with Crippen LogP contribution in [0.2, 0.25) is 0 Å². The zero-order valence-electron chi connectivity index (χ0n) is 9.74. The molecule has 1 saturated carbocycles. The van der Waals surface area contributed by atoms with E-state index in [1.165, 1.54) is 4.90 Å². The van der Waals surface area contributed by atoms with Crippen LogP contribution in [0.3, 0.4) is 0 Å². The number of hydrogen-bond acceptors (Lipinski definition) is 4. The summed E-state index contributed by atoms with van der Waals surface area (Å²) in [6.07, 6.45) is 2.41. The van der Waals surface area contributed by atoms with Gasteiger partial charge in [0.05, 0.1) is 0 Å². The SMILES string of the molecule is Cc1noc(C)c1N1C(=O)NC2(CCC2)C1=O. The third-order valence-corrected chi connectivity index (χ3v) is 3.59. The van der Waals surface area contributed by atoms with Gasteiger partial charge in [-0.1, -0.05) is 5.16 Å². The van der Waals surface area contributed by atoms with E-state index in [0.717, 1.165) is 19.3 Å². The molecule has 1 spiro atoms. The van der Waals surface area contributed by atoms with Crippen LogP contribution in [-0.2, 0) is 4.79 Å². The second kappa shape index (κ2) is 3.09. The van der Waals surface area contributed by atoms with Gasteiger partial charge in [-0.3, -0.25) is 4.79 Å². The zero-order chi connectivity index (χ0) is 12.2. The van der Waals surface area contributed by atoms with Crippen LogP contribution in [0.5, 0.6) is 0 Å². The van der Waals surface area contributed by atoms with E-state index in [9.17, 15) is 9.59 Å². The smallest absolute Gasteiger partial charge is 0.329 e. The highest BCUT2D eigenvalue weighted by atomic mass is 16.5. The van der Waals surface area contributed by atoms with Gasteiger partial charge in [0.25, 0.3) is 5.91 Å². The van der Waals surface area contributed by atoms with Crippen LogP contribution < -0.4 is 10.2 Å². The van der Waals surface area contributed by atoms with E-state index >= 15 is 0 Å². The van der Waals surface area contributed by atoms with Crippen LogP contribution in [0.1, 0.15) is 30.7 Å². The maximum Gasteiger partial charge on any atom is 0.329 e. The Morgan fingerprint density at radius 1 is 1.35 bits per heavy atom. The van der Waals surface area contributed by atoms with Gasteiger partial charge in [0.1, 0.15) is 16.9 Å².